The number of anilines is 1. The van der Waals surface area contributed by atoms with E-state index in [0.717, 1.165) is 31.2 Å². The molecule has 0 amide bonds. The molecule has 1 aliphatic rings. The fraction of sp³-hybridized carbons (Fsp3) is 0.643. The van der Waals surface area contributed by atoms with Crippen LogP contribution in [0.25, 0.3) is 0 Å². The van der Waals surface area contributed by atoms with E-state index in [1.165, 1.54) is 6.42 Å². The van der Waals surface area contributed by atoms with Gasteiger partial charge in [-0.3, -0.25) is 0 Å². The molecule has 1 aliphatic carbocycles. The monoisotopic (exact) mass is 234 g/mol. The molecular weight excluding hydrogens is 212 g/mol. The fourth-order valence-corrected chi connectivity index (χ4v) is 3.07. The maximum absolute atomic E-state index is 10.8. The third-order valence-electron chi connectivity index (χ3n) is 4.02. The number of nitrogens with two attached hydrogens (primary N) is 1. The van der Waals surface area contributed by atoms with Crippen molar-refractivity contribution in [2.45, 2.75) is 51.0 Å². The molecule has 2 unspecified atom stereocenters. The smallest absolute Gasteiger partial charge is 0.123 e. The maximum atomic E-state index is 10.8. The van der Waals surface area contributed by atoms with Crippen molar-refractivity contribution in [3.63, 3.8) is 0 Å². The van der Waals surface area contributed by atoms with Crippen molar-refractivity contribution >= 4 is 5.82 Å². The van der Waals surface area contributed by atoms with E-state index in [1.807, 2.05) is 12.1 Å². The van der Waals surface area contributed by atoms with Gasteiger partial charge >= 0.3 is 0 Å². The van der Waals surface area contributed by atoms with Crippen LogP contribution in [0, 0.1) is 5.92 Å². The predicted octanol–water partition coefficient (Wildman–Crippen LogP) is 2.54. The Bertz CT molecular complexity index is 380. The molecule has 0 bridgehead atoms. The molecule has 0 spiro atoms. The van der Waals surface area contributed by atoms with E-state index in [4.69, 9.17) is 5.73 Å². The molecule has 2 rings (SSSR count). The molecule has 1 aromatic rings. The lowest BCUT2D eigenvalue weighted by molar-refractivity contribution is -0.0491. The number of aromatic nitrogens is 1. The average Bonchev–Trinajstić information content (AvgIpc) is 2.29. The lowest BCUT2D eigenvalue weighted by Gasteiger charge is -2.40. The second kappa shape index (κ2) is 5.05. The number of hydrogen-bond acceptors (Lipinski definition) is 3. The summed E-state index contributed by atoms with van der Waals surface area (Å²) in [5.74, 6) is 0.959. The molecule has 1 heterocycles. The van der Waals surface area contributed by atoms with E-state index in [-0.39, 0.29) is 0 Å². The first-order valence-electron chi connectivity index (χ1n) is 6.57. The molecule has 1 fully saturated rings. The molecular formula is C14H22N2O. The number of aliphatic hydroxyl groups is 1. The first-order valence-corrected chi connectivity index (χ1v) is 6.57. The minimum absolute atomic E-state index is 0.422. The molecule has 3 N–H and O–H groups in total. The molecule has 0 radical (unpaired) electrons. The highest BCUT2D eigenvalue weighted by Gasteiger charge is 2.37. The lowest BCUT2D eigenvalue weighted by Crippen LogP contribution is -2.42. The second-order valence-electron chi connectivity index (χ2n) is 5.22. The molecule has 0 aliphatic heterocycles. The largest absolute Gasteiger partial charge is 0.389 e. The van der Waals surface area contributed by atoms with Crippen LogP contribution in [0.5, 0.6) is 0 Å². The molecule has 3 heteroatoms. The van der Waals surface area contributed by atoms with Crippen molar-refractivity contribution in [3.05, 3.63) is 23.9 Å². The molecule has 17 heavy (non-hydrogen) atoms. The van der Waals surface area contributed by atoms with Crippen molar-refractivity contribution in [2.24, 2.45) is 5.92 Å². The second-order valence-corrected chi connectivity index (χ2v) is 5.22. The van der Waals surface area contributed by atoms with Gasteiger partial charge < -0.3 is 10.8 Å². The summed E-state index contributed by atoms with van der Waals surface area (Å²) in [6, 6.07) is 3.83. The first-order chi connectivity index (χ1) is 8.14. The van der Waals surface area contributed by atoms with Crippen molar-refractivity contribution < 1.29 is 5.11 Å². The van der Waals surface area contributed by atoms with Gasteiger partial charge in [-0.2, -0.15) is 0 Å². The number of rotatable bonds is 3. The summed E-state index contributed by atoms with van der Waals surface area (Å²) in [5, 5.41) is 10.8. The Morgan fingerprint density at radius 1 is 1.53 bits per heavy atom. The van der Waals surface area contributed by atoms with Crippen LogP contribution in [0.3, 0.4) is 0 Å². The van der Waals surface area contributed by atoms with Gasteiger partial charge in [0.25, 0.3) is 0 Å². The average molecular weight is 234 g/mol. The SMILES string of the molecule is CCC1CCCCC1(O)Cc1ccnc(N)c1. The molecule has 3 nitrogen and oxygen atoms in total. The standard InChI is InChI=1S/C14H22N2O/c1-2-12-5-3-4-7-14(12,17)10-11-6-8-16-13(15)9-11/h6,8-9,12,17H,2-5,7,10H2,1H3,(H2,15,16). The fourth-order valence-electron chi connectivity index (χ4n) is 3.07. The summed E-state index contributed by atoms with van der Waals surface area (Å²) in [6.07, 6.45) is 7.92. The summed E-state index contributed by atoms with van der Waals surface area (Å²) in [6.45, 7) is 2.17. The van der Waals surface area contributed by atoms with Crippen molar-refractivity contribution in [3.8, 4) is 0 Å². The van der Waals surface area contributed by atoms with Gasteiger partial charge in [0.1, 0.15) is 5.82 Å². The summed E-state index contributed by atoms with van der Waals surface area (Å²) in [4.78, 5) is 3.99. The van der Waals surface area contributed by atoms with E-state index in [9.17, 15) is 5.11 Å². The van der Waals surface area contributed by atoms with Crippen molar-refractivity contribution in [2.75, 3.05) is 5.73 Å². The third-order valence-corrected chi connectivity index (χ3v) is 4.02. The number of nitrogen functional groups attached to an aromatic ring is 1. The van der Waals surface area contributed by atoms with Crippen LogP contribution >= 0.6 is 0 Å². The van der Waals surface area contributed by atoms with E-state index in [0.29, 0.717) is 18.2 Å². The van der Waals surface area contributed by atoms with Gasteiger partial charge in [-0.1, -0.05) is 26.2 Å². The molecule has 94 valence electrons. The molecule has 1 saturated carbocycles. The molecule has 0 saturated heterocycles. The Hall–Kier alpha value is -1.09. The van der Waals surface area contributed by atoms with E-state index >= 15 is 0 Å². The Morgan fingerprint density at radius 3 is 3.06 bits per heavy atom. The zero-order chi connectivity index (χ0) is 12.3. The quantitative estimate of drug-likeness (QED) is 0.845. The highest BCUT2D eigenvalue weighted by Crippen LogP contribution is 2.38. The van der Waals surface area contributed by atoms with Gasteiger partial charge in [0.15, 0.2) is 0 Å². The minimum Gasteiger partial charge on any atom is -0.389 e. The van der Waals surface area contributed by atoms with Crippen molar-refractivity contribution in [1.82, 2.24) is 4.98 Å². The van der Waals surface area contributed by atoms with Gasteiger partial charge in [-0.05, 0) is 36.5 Å². The van der Waals surface area contributed by atoms with Crippen LogP contribution in [-0.2, 0) is 6.42 Å². The lowest BCUT2D eigenvalue weighted by atomic mass is 9.71. The van der Waals surface area contributed by atoms with Crippen LogP contribution in [0.2, 0.25) is 0 Å². The predicted molar refractivity (Wildman–Crippen MR) is 69.6 cm³/mol. The maximum Gasteiger partial charge on any atom is 0.123 e. The van der Waals surface area contributed by atoms with Crippen LogP contribution in [0.4, 0.5) is 5.82 Å². The highest BCUT2D eigenvalue weighted by molar-refractivity contribution is 5.32. The normalized spacial score (nSPS) is 29.2. The van der Waals surface area contributed by atoms with Gasteiger partial charge in [-0.25, -0.2) is 4.98 Å². The summed E-state index contributed by atoms with van der Waals surface area (Å²) in [7, 11) is 0. The van der Waals surface area contributed by atoms with E-state index in [1.54, 1.807) is 6.20 Å². The highest BCUT2D eigenvalue weighted by atomic mass is 16.3. The summed E-state index contributed by atoms with van der Waals surface area (Å²) < 4.78 is 0. The van der Waals surface area contributed by atoms with Gasteiger partial charge in [0.2, 0.25) is 0 Å². The van der Waals surface area contributed by atoms with Crippen LogP contribution < -0.4 is 5.73 Å². The molecule has 2 atom stereocenters. The number of pyridine rings is 1. The number of nitrogens with zero attached hydrogens (tertiary/aromatic N) is 1. The Balaban J connectivity index is 2.14. The molecule has 0 aromatic carbocycles. The van der Waals surface area contributed by atoms with Crippen molar-refractivity contribution in [1.29, 1.82) is 0 Å². The first kappa shape index (κ1) is 12.4. The van der Waals surface area contributed by atoms with Gasteiger partial charge in [-0.15, -0.1) is 0 Å². The van der Waals surface area contributed by atoms with E-state index < -0.39 is 5.60 Å². The Morgan fingerprint density at radius 2 is 2.35 bits per heavy atom. The van der Waals surface area contributed by atoms with Crippen LogP contribution in [0.15, 0.2) is 18.3 Å². The topological polar surface area (TPSA) is 59.1 Å². The van der Waals surface area contributed by atoms with Gasteiger partial charge in [0, 0.05) is 12.6 Å². The Kier molecular flexibility index (Phi) is 3.67. The Labute approximate surface area is 103 Å². The zero-order valence-electron chi connectivity index (χ0n) is 10.5. The van der Waals surface area contributed by atoms with Crippen LogP contribution in [0.1, 0.15) is 44.6 Å². The summed E-state index contributed by atoms with van der Waals surface area (Å²) in [5.41, 5.74) is 6.24. The van der Waals surface area contributed by atoms with Gasteiger partial charge in [0.05, 0.1) is 5.60 Å². The third kappa shape index (κ3) is 2.78. The minimum atomic E-state index is -0.541. The zero-order valence-corrected chi connectivity index (χ0v) is 10.5. The number of hydrogen-bond donors (Lipinski definition) is 2. The molecule has 1 aromatic heterocycles. The van der Waals surface area contributed by atoms with E-state index in [2.05, 4.69) is 11.9 Å². The summed E-state index contributed by atoms with van der Waals surface area (Å²) >= 11 is 0. The van der Waals surface area contributed by atoms with Crippen LogP contribution in [-0.4, -0.2) is 15.7 Å².